The van der Waals surface area contributed by atoms with Gasteiger partial charge in [0, 0.05) is 12.5 Å². The largest absolute Gasteiger partial charge is 1.00 e. The van der Waals surface area contributed by atoms with Crippen molar-refractivity contribution in [3.05, 3.63) is 82.4 Å². The van der Waals surface area contributed by atoms with Crippen molar-refractivity contribution in [2.45, 2.75) is 26.3 Å². The Balaban J connectivity index is 0.00000380. The first-order valence-electron chi connectivity index (χ1n) is 10.9. The molecule has 3 aromatic rings. The molecule has 0 bridgehead atoms. The second kappa shape index (κ2) is 11.5. The summed E-state index contributed by atoms with van der Waals surface area (Å²) < 4.78 is 85.4. The molecule has 0 saturated carbocycles. The smallest absolute Gasteiger partial charge is 0.449 e. The van der Waals surface area contributed by atoms with Gasteiger partial charge in [-0.2, -0.15) is 8.42 Å². The van der Waals surface area contributed by atoms with Crippen molar-refractivity contribution in [3.63, 3.8) is 0 Å². The molecule has 0 heterocycles. The van der Waals surface area contributed by atoms with Crippen molar-refractivity contribution >= 4 is 29.0 Å². The zero-order valence-corrected chi connectivity index (χ0v) is 24.2. The Hall–Kier alpha value is -1.90. The molecule has 1 aliphatic carbocycles. The van der Waals surface area contributed by atoms with E-state index in [-0.39, 0.29) is 75.0 Å². The van der Waals surface area contributed by atoms with Crippen molar-refractivity contribution in [1.29, 1.82) is 0 Å². The zero-order chi connectivity index (χ0) is 26.3. The number of carbonyl (C=O) groups excluding carboxylic acids is 1. The predicted molar refractivity (Wildman–Crippen MR) is 127 cm³/mol. The average Bonchev–Trinajstić information content (AvgIpc) is 3.12. The van der Waals surface area contributed by atoms with Crippen molar-refractivity contribution in [2.24, 2.45) is 0 Å². The molecular formula is C24H21BF4KNO5S. The van der Waals surface area contributed by atoms with E-state index in [2.05, 4.69) is 9.50 Å². The third-order valence-corrected chi connectivity index (χ3v) is 6.59. The Labute approximate surface area is 254 Å². The summed E-state index contributed by atoms with van der Waals surface area (Å²) in [6.07, 6.45) is -0.878. The zero-order valence-electron chi connectivity index (χ0n) is 20.2. The number of nitrogens with one attached hydrogen (secondary N) is 1. The van der Waals surface area contributed by atoms with Gasteiger partial charge in [-0.1, -0.05) is 58.5 Å². The third kappa shape index (κ3) is 6.58. The van der Waals surface area contributed by atoms with Crippen LogP contribution in [0.4, 0.5) is 21.6 Å². The molecule has 13 heteroatoms. The van der Waals surface area contributed by atoms with Gasteiger partial charge < -0.3 is 27.2 Å². The maximum absolute atomic E-state index is 13.6. The number of fused-ring (bicyclic) bond motifs is 3. The van der Waals surface area contributed by atoms with Crippen LogP contribution in [-0.4, -0.2) is 28.1 Å². The minimum absolute atomic E-state index is 0. The van der Waals surface area contributed by atoms with Crippen molar-refractivity contribution in [2.75, 3.05) is 6.61 Å². The molecule has 37 heavy (non-hydrogen) atoms. The number of benzene rings is 3. The van der Waals surface area contributed by atoms with E-state index in [9.17, 15) is 30.0 Å². The molecule has 0 aliphatic heterocycles. The molecular weight excluding hydrogens is 540 g/mol. The normalized spacial score (nSPS) is 12.8. The van der Waals surface area contributed by atoms with E-state index in [1.165, 1.54) is 6.92 Å². The second-order valence-corrected chi connectivity index (χ2v) is 9.39. The molecule has 1 amide bonds. The van der Waals surface area contributed by atoms with Gasteiger partial charge in [-0.15, -0.1) is 5.46 Å². The molecule has 0 saturated heterocycles. The van der Waals surface area contributed by atoms with Crippen LogP contribution in [0.5, 0.6) is 5.75 Å². The molecule has 1 N–H and O–H groups in total. The van der Waals surface area contributed by atoms with Crippen molar-refractivity contribution in [3.8, 4) is 16.9 Å². The van der Waals surface area contributed by atoms with Crippen LogP contribution in [-0.2, 0) is 21.8 Å². The summed E-state index contributed by atoms with van der Waals surface area (Å²) in [5, 5.41) is 2.38. The minimum Gasteiger partial charge on any atom is -0.449 e. The molecule has 190 valence electrons. The molecule has 0 unspecified atom stereocenters. The molecule has 6 nitrogen and oxygen atoms in total. The van der Waals surface area contributed by atoms with Gasteiger partial charge >= 0.3 is 75.0 Å². The van der Waals surface area contributed by atoms with Gasteiger partial charge in [0.15, 0.2) is 0 Å². The van der Waals surface area contributed by atoms with E-state index in [4.69, 9.17) is 4.74 Å². The molecule has 0 spiro atoms. The summed E-state index contributed by atoms with van der Waals surface area (Å²) in [6.45, 7) is -3.74. The molecule has 1 aliphatic rings. The van der Waals surface area contributed by atoms with E-state index in [1.54, 1.807) is 0 Å². The van der Waals surface area contributed by atoms with Crippen LogP contribution < -0.4 is 66.3 Å². The number of carbonyl (C=O) groups is 1. The van der Waals surface area contributed by atoms with Gasteiger partial charge in [0.05, 0.1) is 0 Å². The number of halogens is 4. The topological polar surface area (TPSA) is 81.7 Å². The Morgan fingerprint density at radius 3 is 2.03 bits per heavy atom. The van der Waals surface area contributed by atoms with Crippen LogP contribution in [0.25, 0.3) is 11.1 Å². The Kier molecular flexibility index (Phi) is 9.18. The van der Waals surface area contributed by atoms with E-state index in [0.29, 0.717) is 0 Å². The predicted octanol–water partition coefficient (Wildman–Crippen LogP) is 1.99. The number of amides is 1. The second-order valence-electron chi connectivity index (χ2n) is 8.43. The minimum atomic E-state index is -5.57. The SMILES string of the molecule is Cc1c(CNC(=O)OCC2c3ccccc3-c3ccccc32)cc([B-](F)(F)F)c(C)c1OS(=O)(=O)F.[K+]. The van der Waals surface area contributed by atoms with Crippen LogP contribution in [0.3, 0.4) is 0 Å². The fourth-order valence-electron chi connectivity index (χ4n) is 4.53. The van der Waals surface area contributed by atoms with Crippen LogP contribution in [0.2, 0.25) is 0 Å². The number of rotatable bonds is 7. The van der Waals surface area contributed by atoms with Gasteiger partial charge in [-0.05, 0) is 52.8 Å². The molecule has 0 atom stereocenters. The summed E-state index contributed by atoms with van der Waals surface area (Å²) in [5.74, 6) is -0.975. The summed E-state index contributed by atoms with van der Waals surface area (Å²) in [7, 11) is -5.57. The number of hydrogen-bond acceptors (Lipinski definition) is 5. The maximum atomic E-state index is 13.6. The quantitative estimate of drug-likeness (QED) is 0.271. The van der Waals surface area contributed by atoms with E-state index >= 15 is 0 Å². The van der Waals surface area contributed by atoms with Crippen molar-refractivity contribution in [1.82, 2.24) is 5.32 Å². The van der Waals surface area contributed by atoms with Crippen LogP contribution in [0.1, 0.15) is 33.7 Å². The first-order chi connectivity index (χ1) is 16.9. The number of ether oxygens (including phenoxy) is 1. The maximum Gasteiger partial charge on any atom is 1.00 e. The molecule has 0 radical (unpaired) electrons. The average molecular weight is 561 g/mol. The summed E-state index contributed by atoms with van der Waals surface area (Å²) in [4.78, 5) is 12.4. The van der Waals surface area contributed by atoms with Gasteiger partial charge in [-0.3, -0.25) is 0 Å². The van der Waals surface area contributed by atoms with Gasteiger partial charge in [0.1, 0.15) is 12.4 Å². The van der Waals surface area contributed by atoms with Crippen molar-refractivity contribution < 1.29 is 90.3 Å². The van der Waals surface area contributed by atoms with Crippen LogP contribution in [0.15, 0.2) is 54.6 Å². The van der Waals surface area contributed by atoms with Gasteiger partial charge in [0.25, 0.3) is 0 Å². The third-order valence-electron chi connectivity index (χ3n) is 6.23. The number of alkyl carbamates (subject to hydrolysis) is 1. The van der Waals surface area contributed by atoms with Crippen LogP contribution >= 0.6 is 0 Å². The Morgan fingerprint density at radius 2 is 1.51 bits per heavy atom. The van der Waals surface area contributed by atoms with E-state index in [1.807, 2.05) is 48.5 Å². The summed E-state index contributed by atoms with van der Waals surface area (Å²) in [5.41, 5.74) is 2.19. The van der Waals surface area contributed by atoms with Crippen LogP contribution in [0, 0.1) is 13.8 Å². The molecule has 0 fully saturated rings. The first kappa shape index (κ1) is 29.7. The summed E-state index contributed by atoms with van der Waals surface area (Å²) >= 11 is 0. The fraction of sp³-hybridized carbons (Fsp3) is 0.208. The fourth-order valence-corrected chi connectivity index (χ4v) is 4.98. The molecule has 3 aromatic carbocycles. The Morgan fingerprint density at radius 1 is 0.973 bits per heavy atom. The summed E-state index contributed by atoms with van der Waals surface area (Å²) in [6, 6.07) is 16.2. The molecule has 0 aromatic heterocycles. The monoisotopic (exact) mass is 561 g/mol. The van der Waals surface area contributed by atoms with E-state index < -0.39 is 46.9 Å². The van der Waals surface area contributed by atoms with Gasteiger partial charge in [0.2, 0.25) is 0 Å². The molecule has 4 rings (SSSR count). The first-order valence-corrected chi connectivity index (χ1v) is 12.2. The number of hydrogen-bond donors (Lipinski definition) is 1. The Bertz CT molecular complexity index is 1400. The standard InChI is InChI=1S/C24H21BF4NO5S.K/c1-14-16(11-22(25(26,27)28)15(2)23(14)35-36(29,32)33)12-30-24(31)34-13-21-19-9-5-3-7-17(19)18-8-4-6-10-20(18)21;/h3-11,21H,12-13H2,1-2H3,(H,30,31);/q-1;+1. The van der Waals surface area contributed by atoms with Gasteiger partial charge in [-0.25, -0.2) is 4.79 Å². The van der Waals surface area contributed by atoms with E-state index in [0.717, 1.165) is 35.2 Å².